The monoisotopic (exact) mass is 285 g/mol. The number of hydrogen-bond acceptors (Lipinski definition) is 1. The Kier molecular flexibility index (Phi) is 3.92. The summed E-state index contributed by atoms with van der Waals surface area (Å²) in [6, 6.07) is 22.1. The van der Waals surface area contributed by atoms with Crippen molar-refractivity contribution in [3.05, 3.63) is 60.7 Å². The Hall–Kier alpha value is -1.17. The molecular formula is C18H22OP+. The van der Waals surface area contributed by atoms with E-state index in [0.29, 0.717) is 12.2 Å². The summed E-state index contributed by atoms with van der Waals surface area (Å²) in [5.74, 6) is 0. The number of hydrogen-bond donors (Lipinski definition) is 0. The highest BCUT2D eigenvalue weighted by molar-refractivity contribution is 7.89. The lowest BCUT2D eigenvalue weighted by molar-refractivity contribution is 0.0265. The molecule has 0 unspecified atom stereocenters. The minimum absolute atomic E-state index is 0.340. The van der Waals surface area contributed by atoms with Gasteiger partial charge in [-0.1, -0.05) is 36.4 Å². The van der Waals surface area contributed by atoms with Gasteiger partial charge in [0.2, 0.25) is 0 Å². The number of rotatable bonds is 2. The maximum atomic E-state index is 6.01. The molecule has 0 radical (unpaired) electrons. The summed E-state index contributed by atoms with van der Waals surface area (Å²) >= 11 is 0. The van der Waals surface area contributed by atoms with E-state index in [2.05, 4.69) is 74.5 Å². The molecule has 1 aliphatic rings. The molecule has 0 N–H and O–H groups in total. The van der Waals surface area contributed by atoms with E-state index < -0.39 is 7.26 Å². The lowest BCUT2D eigenvalue weighted by Gasteiger charge is -2.37. The van der Waals surface area contributed by atoms with Gasteiger partial charge in [0, 0.05) is 0 Å². The van der Waals surface area contributed by atoms with Gasteiger partial charge in [-0.05, 0) is 38.1 Å². The first-order valence-electron chi connectivity index (χ1n) is 7.34. The van der Waals surface area contributed by atoms with E-state index >= 15 is 0 Å². The molecule has 1 aliphatic heterocycles. The van der Waals surface area contributed by atoms with Crippen LogP contribution in [0.25, 0.3) is 0 Å². The molecule has 1 heterocycles. The highest BCUT2D eigenvalue weighted by Crippen LogP contribution is 2.59. The highest BCUT2D eigenvalue weighted by Gasteiger charge is 2.48. The normalized spacial score (nSPS) is 25.3. The molecule has 0 amide bonds. The van der Waals surface area contributed by atoms with E-state index in [9.17, 15) is 0 Å². The van der Waals surface area contributed by atoms with Gasteiger partial charge in [-0.2, -0.15) is 0 Å². The molecule has 2 aromatic carbocycles. The third-order valence-electron chi connectivity index (χ3n) is 4.10. The standard InChI is InChI=1S/C18H22OP/c1-15-13-20(14-16(2)19-15,17-9-5-3-6-10-17)18-11-7-4-8-12-18/h3-12,15-16H,13-14H2,1-2H3/q+1/t15-,16+. The van der Waals surface area contributed by atoms with Crippen molar-refractivity contribution < 1.29 is 4.74 Å². The van der Waals surface area contributed by atoms with Crippen LogP contribution in [-0.4, -0.2) is 24.5 Å². The Bertz CT molecular complexity index is 501. The lowest BCUT2D eigenvalue weighted by atomic mass is 10.3. The maximum absolute atomic E-state index is 6.01. The minimum Gasteiger partial charge on any atom is -0.368 e. The van der Waals surface area contributed by atoms with Gasteiger partial charge in [-0.15, -0.1) is 0 Å². The predicted octanol–water partition coefficient (Wildman–Crippen LogP) is 3.46. The molecule has 0 aromatic heterocycles. The molecule has 1 nitrogen and oxygen atoms in total. The van der Waals surface area contributed by atoms with Gasteiger partial charge in [0.15, 0.2) is 0 Å². The Morgan fingerprint density at radius 3 is 1.55 bits per heavy atom. The van der Waals surface area contributed by atoms with E-state index in [-0.39, 0.29) is 0 Å². The van der Waals surface area contributed by atoms with Gasteiger partial charge < -0.3 is 4.74 Å². The average Bonchev–Trinajstić information content (AvgIpc) is 2.48. The fraction of sp³-hybridized carbons (Fsp3) is 0.333. The summed E-state index contributed by atoms with van der Waals surface area (Å²) in [4.78, 5) is 0. The molecule has 2 aromatic rings. The second-order valence-corrected chi connectivity index (χ2v) is 9.46. The van der Waals surface area contributed by atoms with Crippen LogP contribution in [0.5, 0.6) is 0 Å². The van der Waals surface area contributed by atoms with Crippen LogP contribution in [0.2, 0.25) is 0 Å². The van der Waals surface area contributed by atoms with Gasteiger partial charge in [-0.3, -0.25) is 0 Å². The third-order valence-corrected chi connectivity index (χ3v) is 8.95. The SMILES string of the molecule is C[C@@H]1C[P+](c2ccccc2)(c2ccccc2)C[C@H](C)O1. The van der Waals surface area contributed by atoms with Crippen LogP contribution >= 0.6 is 7.26 Å². The summed E-state index contributed by atoms with van der Waals surface area (Å²) in [5.41, 5.74) is 0. The van der Waals surface area contributed by atoms with Crippen molar-refractivity contribution in [2.75, 3.05) is 12.3 Å². The van der Waals surface area contributed by atoms with Crippen molar-refractivity contribution in [1.29, 1.82) is 0 Å². The van der Waals surface area contributed by atoms with Gasteiger partial charge in [0.25, 0.3) is 0 Å². The summed E-state index contributed by atoms with van der Waals surface area (Å²) in [7, 11) is -1.33. The van der Waals surface area contributed by atoms with Gasteiger partial charge in [0.1, 0.15) is 0 Å². The molecule has 104 valence electrons. The Morgan fingerprint density at radius 1 is 0.750 bits per heavy atom. The molecule has 0 saturated carbocycles. The van der Waals surface area contributed by atoms with E-state index in [4.69, 9.17) is 4.74 Å². The molecule has 20 heavy (non-hydrogen) atoms. The molecule has 2 atom stereocenters. The second-order valence-electron chi connectivity index (χ2n) is 5.76. The fourth-order valence-corrected chi connectivity index (χ4v) is 8.14. The van der Waals surface area contributed by atoms with Crippen molar-refractivity contribution in [2.24, 2.45) is 0 Å². The minimum atomic E-state index is -1.33. The Balaban J connectivity index is 2.13. The third kappa shape index (κ3) is 2.53. The summed E-state index contributed by atoms with van der Waals surface area (Å²) < 4.78 is 6.01. The second kappa shape index (κ2) is 5.68. The van der Waals surface area contributed by atoms with Crippen molar-refractivity contribution in [3.63, 3.8) is 0 Å². The van der Waals surface area contributed by atoms with Crippen LogP contribution in [0.15, 0.2) is 60.7 Å². The topological polar surface area (TPSA) is 9.23 Å². The molecule has 0 aliphatic carbocycles. The van der Waals surface area contributed by atoms with Crippen LogP contribution in [0.1, 0.15) is 13.8 Å². The lowest BCUT2D eigenvalue weighted by Crippen LogP contribution is -2.41. The predicted molar refractivity (Wildman–Crippen MR) is 88.8 cm³/mol. The van der Waals surface area contributed by atoms with E-state index in [0.717, 1.165) is 12.3 Å². The van der Waals surface area contributed by atoms with E-state index in [1.807, 2.05) is 0 Å². The number of benzene rings is 2. The van der Waals surface area contributed by atoms with Crippen molar-refractivity contribution in [1.82, 2.24) is 0 Å². The van der Waals surface area contributed by atoms with Crippen LogP contribution in [0.4, 0.5) is 0 Å². The number of ether oxygens (including phenoxy) is 1. The fourth-order valence-electron chi connectivity index (χ4n) is 3.43. The Labute approximate surface area is 122 Å². The largest absolute Gasteiger partial charge is 0.368 e. The summed E-state index contributed by atoms with van der Waals surface area (Å²) in [6.07, 6.45) is 3.00. The van der Waals surface area contributed by atoms with E-state index in [1.54, 1.807) is 0 Å². The van der Waals surface area contributed by atoms with E-state index in [1.165, 1.54) is 10.6 Å². The van der Waals surface area contributed by atoms with Crippen LogP contribution in [0.3, 0.4) is 0 Å². The molecule has 3 rings (SSSR count). The first-order chi connectivity index (χ1) is 9.71. The molecular weight excluding hydrogens is 263 g/mol. The smallest absolute Gasteiger partial charge is 0.0993 e. The molecule has 0 bridgehead atoms. The molecule has 1 fully saturated rings. The molecule has 0 spiro atoms. The van der Waals surface area contributed by atoms with Crippen LogP contribution in [0, 0.1) is 0 Å². The zero-order valence-corrected chi connectivity index (χ0v) is 13.1. The molecule has 2 heteroatoms. The van der Waals surface area contributed by atoms with Gasteiger partial charge in [-0.25, -0.2) is 0 Å². The van der Waals surface area contributed by atoms with Crippen molar-refractivity contribution >= 4 is 17.9 Å². The zero-order valence-electron chi connectivity index (χ0n) is 12.2. The zero-order chi connectivity index (χ0) is 14.0. The highest BCUT2D eigenvalue weighted by atomic mass is 31.2. The first kappa shape index (κ1) is 13.8. The van der Waals surface area contributed by atoms with Crippen LogP contribution < -0.4 is 10.6 Å². The van der Waals surface area contributed by atoms with Gasteiger partial charge >= 0.3 is 0 Å². The summed E-state index contributed by atoms with van der Waals surface area (Å²) in [6.45, 7) is 4.44. The quantitative estimate of drug-likeness (QED) is 0.768. The van der Waals surface area contributed by atoms with Crippen molar-refractivity contribution in [2.45, 2.75) is 26.1 Å². The summed E-state index contributed by atoms with van der Waals surface area (Å²) in [5, 5.41) is 3.04. The van der Waals surface area contributed by atoms with Crippen molar-refractivity contribution in [3.8, 4) is 0 Å². The molecule has 1 saturated heterocycles. The van der Waals surface area contributed by atoms with Gasteiger partial charge in [0.05, 0.1) is 42.4 Å². The van der Waals surface area contributed by atoms with Crippen LogP contribution in [-0.2, 0) is 4.74 Å². The average molecular weight is 285 g/mol. The first-order valence-corrected chi connectivity index (χ1v) is 9.50. The Morgan fingerprint density at radius 2 is 1.15 bits per heavy atom. The maximum Gasteiger partial charge on any atom is 0.0993 e.